The third-order valence-corrected chi connectivity index (χ3v) is 5.62. The largest absolute Gasteiger partial charge is 0.495 e. The van der Waals surface area contributed by atoms with Gasteiger partial charge in [0, 0.05) is 4.88 Å². The van der Waals surface area contributed by atoms with Crippen LogP contribution in [0, 0.1) is 0 Å². The van der Waals surface area contributed by atoms with Crippen LogP contribution in [0.2, 0.25) is 0 Å². The Morgan fingerprint density at radius 1 is 1.14 bits per heavy atom. The maximum atomic E-state index is 13.0. The predicted octanol–water partition coefficient (Wildman–Crippen LogP) is 3.73. The molecule has 0 aliphatic carbocycles. The molecule has 0 aliphatic heterocycles. The van der Waals surface area contributed by atoms with Crippen molar-refractivity contribution in [3.63, 3.8) is 0 Å². The Bertz CT molecular complexity index is 1230. The van der Waals surface area contributed by atoms with Crippen LogP contribution in [0.5, 0.6) is 5.75 Å². The number of methoxy groups -OCH3 is 1. The van der Waals surface area contributed by atoms with Crippen molar-refractivity contribution in [3.05, 3.63) is 71.0 Å². The van der Waals surface area contributed by atoms with Crippen LogP contribution in [0.25, 0.3) is 20.7 Å². The Hall–Kier alpha value is -3.52. The minimum atomic E-state index is -0.843. The van der Waals surface area contributed by atoms with Crippen molar-refractivity contribution in [3.8, 4) is 16.2 Å². The second-order valence-corrected chi connectivity index (χ2v) is 7.43. The smallest absolute Gasteiger partial charge is 0.279 e. The molecule has 0 saturated heterocycles. The summed E-state index contributed by atoms with van der Waals surface area (Å²) in [4.78, 5) is 27.1. The van der Waals surface area contributed by atoms with E-state index in [4.69, 9.17) is 4.74 Å². The zero-order chi connectivity index (χ0) is 20.4. The highest BCUT2D eigenvalue weighted by molar-refractivity contribution is 7.21. The summed E-state index contributed by atoms with van der Waals surface area (Å²) >= 11 is 1.40. The van der Waals surface area contributed by atoms with Crippen molar-refractivity contribution in [1.82, 2.24) is 15.0 Å². The number of ether oxygens (including phenoxy) is 1. The second-order valence-electron chi connectivity index (χ2n) is 6.40. The van der Waals surface area contributed by atoms with Gasteiger partial charge in [0.1, 0.15) is 11.8 Å². The lowest BCUT2D eigenvalue weighted by molar-refractivity contribution is -0.119. The second kappa shape index (κ2) is 7.84. The lowest BCUT2D eigenvalue weighted by atomic mass is 10.2. The van der Waals surface area contributed by atoms with Gasteiger partial charge >= 0.3 is 0 Å². The van der Waals surface area contributed by atoms with E-state index in [1.807, 2.05) is 36.4 Å². The normalized spacial score (nSPS) is 11.9. The minimum Gasteiger partial charge on any atom is -0.495 e. The number of nitrogens with zero attached hydrogens (tertiary/aromatic N) is 3. The van der Waals surface area contributed by atoms with Gasteiger partial charge in [-0.1, -0.05) is 47.7 Å². The summed E-state index contributed by atoms with van der Waals surface area (Å²) in [6.07, 6.45) is 0. The highest BCUT2D eigenvalue weighted by Gasteiger charge is 2.21. The van der Waals surface area contributed by atoms with Gasteiger partial charge in [-0.2, -0.15) is 4.68 Å². The summed E-state index contributed by atoms with van der Waals surface area (Å²) in [7, 11) is 1.53. The lowest BCUT2D eigenvalue weighted by Crippen LogP contribution is -2.34. The van der Waals surface area contributed by atoms with Gasteiger partial charge in [-0.05, 0) is 30.7 Å². The molecule has 4 rings (SSSR count). The average Bonchev–Trinajstić information content (AvgIpc) is 3.20. The van der Waals surface area contributed by atoms with Crippen molar-refractivity contribution in [2.45, 2.75) is 13.0 Å². The Morgan fingerprint density at radius 3 is 2.62 bits per heavy atom. The van der Waals surface area contributed by atoms with E-state index < -0.39 is 6.04 Å². The number of nitrogens with one attached hydrogen (secondary N) is 1. The van der Waals surface area contributed by atoms with E-state index in [2.05, 4.69) is 15.6 Å². The SMILES string of the molecule is COc1ccccc1NC(=O)C(C)n1nnc2sc(-c3ccccc3)cc2c1=O. The number of amides is 1. The monoisotopic (exact) mass is 406 g/mol. The number of hydrogen-bond donors (Lipinski definition) is 1. The molecule has 0 bridgehead atoms. The Labute approximate surface area is 170 Å². The van der Waals surface area contributed by atoms with Gasteiger partial charge in [-0.3, -0.25) is 9.59 Å². The summed E-state index contributed by atoms with van der Waals surface area (Å²) in [6, 6.07) is 17.8. The molecule has 1 N–H and O–H groups in total. The maximum absolute atomic E-state index is 13.0. The van der Waals surface area contributed by atoms with E-state index in [9.17, 15) is 9.59 Å². The standard InChI is InChI=1S/C21H18N4O3S/c1-13(19(26)22-16-10-6-7-11-17(16)28-2)25-21(27)15-12-18(29-20(15)23-24-25)14-8-4-3-5-9-14/h3-13H,1-2H3,(H,22,26). The minimum absolute atomic E-state index is 0.351. The fourth-order valence-electron chi connectivity index (χ4n) is 2.96. The number of carbonyl (C=O) groups excluding carboxylic acids is 1. The summed E-state index contributed by atoms with van der Waals surface area (Å²) < 4.78 is 6.35. The van der Waals surface area contributed by atoms with Gasteiger partial charge < -0.3 is 10.1 Å². The molecule has 0 radical (unpaired) electrons. The highest BCUT2D eigenvalue weighted by Crippen LogP contribution is 2.30. The summed E-state index contributed by atoms with van der Waals surface area (Å²) in [5.74, 6) is 0.149. The van der Waals surface area contributed by atoms with Crippen molar-refractivity contribution in [2.75, 3.05) is 12.4 Å². The molecule has 0 aliphatic rings. The van der Waals surface area contributed by atoms with Crippen LogP contribution in [-0.4, -0.2) is 28.0 Å². The third kappa shape index (κ3) is 3.62. The summed E-state index contributed by atoms with van der Waals surface area (Å²) in [6.45, 7) is 1.61. The summed E-state index contributed by atoms with van der Waals surface area (Å²) in [5, 5.41) is 11.4. The zero-order valence-electron chi connectivity index (χ0n) is 15.8. The Morgan fingerprint density at radius 2 is 1.86 bits per heavy atom. The van der Waals surface area contributed by atoms with Gasteiger partial charge in [0.15, 0.2) is 4.83 Å². The molecule has 2 heterocycles. The van der Waals surface area contributed by atoms with E-state index in [-0.39, 0.29) is 11.5 Å². The van der Waals surface area contributed by atoms with Crippen LogP contribution < -0.4 is 15.6 Å². The van der Waals surface area contributed by atoms with E-state index in [0.717, 1.165) is 15.1 Å². The van der Waals surface area contributed by atoms with Gasteiger partial charge in [0.2, 0.25) is 5.91 Å². The van der Waals surface area contributed by atoms with E-state index >= 15 is 0 Å². The van der Waals surface area contributed by atoms with Crippen molar-refractivity contribution in [1.29, 1.82) is 0 Å². The predicted molar refractivity (Wildman–Crippen MR) is 113 cm³/mol. The number of aromatic nitrogens is 3. The van der Waals surface area contributed by atoms with Crippen LogP contribution in [0.15, 0.2) is 65.5 Å². The number of carbonyl (C=O) groups is 1. The molecule has 2 aromatic carbocycles. The van der Waals surface area contributed by atoms with Crippen molar-refractivity contribution in [2.24, 2.45) is 0 Å². The molecule has 146 valence electrons. The fraction of sp³-hybridized carbons (Fsp3) is 0.143. The molecule has 29 heavy (non-hydrogen) atoms. The van der Waals surface area contributed by atoms with Crippen LogP contribution >= 0.6 is 11.3 Å². The third-order valence-electron chi connectivity index (χ3n) is 4.55. The lowest BCUT2D eigenvalue weighted by Gasteiger charge is -2.14. The van der Waals surface area contributed by atoms with Crippen LogP contribution in [0.1, 0.15) is 13.0 Å². The van der Waals surface area contributed by atoms with E-state index in [0.29, 0.717) is 21.7 Å². The first-order valence-corrected chi connectivity index (χ1v) is 9.78. The van der Waals surface area contributed by atoms with Gasteiger partial charge in [0.05, 0.1) is 18.2 Å². The van der Waals surface area contributed by atoms with E-state index in [1.165, 1.54) is 18.4 Å². The number of rotatable bonds is 5. The average molecular weight is 406 g/mol. The first-order chi connectivity index (χ1) is 14.1. The maximum Gasteiger partial charge on any atom is 0.279 e. The number of fused-ring (bicyclic) bond motifs is 1. The molecular weight excluding hydrogens is 388 g/mol. The first kappa shape index (κ1) is 18.8. The number of hydrogen-bond acceptors (Lipinski definition) is 6. The highest BCUT2D eigenvalue weighted by atomic mass is 32.1. The molecule has 1 atom stereocenters. The quantitative estimate of drug-likeness (QED) is 0.546. The van der Waals surface area contributed by atoms with Gasteiger partial charge in [0.25, 0.3) is 5.56 Å². The molecule has 0 fully saturated rings. The number of para-hydroxylation sites is 2. The molecule has 0 saturated carbocycles. The van der Waals surface area contributed by atoms with Crippen molar-refractivity contribution >= 4 is 33.1 Å². The number of anilines is 1. The Kier molecular flexibility index (Phi) is 5.09. The molecule has 0 spiro atoms. The van der Waals surface area contributed by atoms with Gasteiger partial charge in [-0.15, -0.1) is 16.4 Å². The van der Waals surface area contributed by atoms with Gasteiger partial charge in [-0.25, -0.2) is 0 Å². The number of thiophene rings is 1. The van der Waals surface area contributed by atoms with Crippen LogP contribution in [-0.2, 0) is 4.79 Å². The van der Waals surface area contributed by atoms with Crippen LogP contribution in [0.3, 0.4) is 0 Å². The molecule has 1 unspecified atom stereocenters. The molecule has 8 heteroatoms. The fourth-order valence-corrected chi connectivity index (χ4v) is 3.93. The molecule has 1 amide bonds. The zero-order valence-corrected chi connectivity index (χ0v) is 16.6. The molecule has 4 aromatic rings. The number of benzene rings is 2. The topological polar surface area (TPSA) is 86.1 Å². The van der Waals surface area contributed by atoms with Crippen LogP contribution in [0.4, 0.5) is 5.69 Å². The Balaban J connectivity index is 1.65. The molecular formula is C21H18N4O3S. The van der Waals surface area contributed by atoms with E-state index in [1.54, 1.807) is 31.2 Å². The summed E-state index contributed by atoms with van der Waals surface area (Å²) in [5.41, 5.74) is 1.18. The van der Waals surface area contributed by atoms with Crippen molar-refractivity contribution < 1.29 is 9.53 Å². The first-order valence-electron chi connectivity index (χ1n) is 8.97. The molecule has 2 aromatic heterocycles. The molecule has 7 nitrogen and oxygen atoms in total.